The molecule has 1 unspecified atom stereocenters. The van der Waals surface area contributed by atoms with E-state index < -0.39 is 16.8 Å². The van der Waals surface area contributed by atoms with Crippen molar-refractivity contribution in [3.8, 4) is 5.75 Å². The van der Waals surface area contributed by atoms with E-state index in [1.807, 2.05) is 6.92 Å². The molecule has 0 amide bonds. The number of aromatic nitrogens is 1. The van der Waals surface area contributed by atoms with E-state index >= 15 is 0 Å². The lowest BCUT2D eigenvalue weighted by Gasteiger charge is -2.20. The molecule has 0 radical (unpaired) electrons. The number of carbonyl (C=O) groups excluding carboxylic acids is 1. The molecule has 4 nitrogen and oxygen atoms in total. The monoisotopic (exact) mass is 371 g/mol. The lowest BCUT2D eigenvalue weighted by atomic mass is 10.1. The molecule has 0 spiro atoms. The first-order chi connectivity index (χ1) is 10.2. The van der Waals surface area contributed by atoms with Gasteiger partial charge in [-0.25, -0.2) is 9.18 Å². The van der Waals surface area contributed by atoms with E-state index in [0.717, 1.165) is 5.56 Å². The number of aryl methyl sites for hydroxylation is 1. The minimum atomic E-state index is -1.39. The average Bonchev–Trinajstić information content (AvgIpc) is 2.80. The lowest BCUT2D eigenvalue weighted by molar-refractivity contribution is 0.0544. The van der Waals surface area contributed by atoms with E-state index in [2.05, 4.69) is 15.9 Å². The molecule has 0 bridgehead atoms. The van der Waals surface area contributed by atoms with Crippen LogP contribution in [0.1, 0.15) is 37.0 Å². The maximum absolute atomic E-state index is 13.9. The molecule has 0 aliphatic carbocycles. The molecule has 1 heterocycles. The molecule has 0 N–H and O–H groups in total. The minimum absolute atomic E-state index is 0.366. The van der Waals surface area contributed by atoms with Crippen molar-refractivity contribution in [1.29, 1.82) is 0 Å². The maximum atomic E-state index is 13.9. The van der Waals surface area contributed by atoms with Crippen LogP contribution in [0.3, 0.4) is 0 Å². The molecule has 0 aliphatic heterocycles. The number of carbonyl (C=O) groups is 1. The second-order valence-corrected chi connectivity index (χ2v) is 6.84. The highest BCUT2D eigenvalue weighted by molar-refractivity contribution is 9.09. The summed E-state index contributed by atoms with van der Waals surface area (Å²) in [7, 11) is 1.49. The molecule has 1 aromatic heterocycles. The summed E-state index contributed by atoms with van der Waals surface area (Å²) in [5.74, 6) is 0.441. The number of alkyl halides is 2. The third-order valence-corrected chi connectivity index (χ3v) is 3.65. The normalized spacial score (nSPS) is 13.2. The highest BCUT2D eigenvalue weighted by atomic mass is 79.9. The second-order valence-electron chi connectivity index (χ2n) is 6.04. The van der Waals surface area contributed by atoms with Crippen molar-refractivity contribution in [3.63, 3.8) is 0 Å². The first-order valence-corrected chi connectivity index (χ1v) is 7.77. The number of rotatable bonds is 2. The van der Waals surface area contributed by atoms with Crippen LogP contribution in [0, 0.1) is 6.92 Å². The Morgan fingerprint density at radius 3 is 2.55 bits per heavy atom. The van der Waals surface area contributed by atoms with Crippen LogP contribution in [-0.2, 0) is 4.74 Å². The van der Waals surface area contributed by atoms with Gasteiger partial charge in [0.2, 0.25) is 0 Å². The molecule has 6 heteroatoms. The quantitative estimate of drug-likeness (QED) is 0.689. The van der Waals surface area contributed by atoms with Gasteiger partial charge in [-0.1, -0.05) is 0 Å². The minimum Gasteiger partial charge on any atom is -0.496 e. The van der Waals surface area contributed by atoms with Crippen molar-refractivity contribution in [2.45, 2.75) is 38.4 Å². The number of fused-ring (bicyclic) bond motifs is 1. The number of benzene rings is 1. The number of methoxy groups -OCH3 is 1. The molecule has 0 saturated carbocycles. The van der Waals surface area contributed by atoms with E-state index in [0.29, 0.717) is 22.2 Å². The molecule has 0 saturated heterocycles. The molecule has 2 rings (SSSR count). The Hall–Kier alpha value is -1.56. The Bertz CT molecular complexity index is 716. The van der Waals surface area contributed by atoms with Crippen molar-refractivity contribution < 1.29 is 18.7 Å². The largest absolute Gasteiger partial charge is 0.496 e. The first-order valence-electron chi connectivity index (χ1n) is 6.85. The van der Waals surface area contributed by atoms with Crippen molar-refractivity contribution in [2.75, 3.05) is 7.11 Å². The van der Waals surface area contributed by atoms with Gasteiger partial charge in [-0.2, -0.15) is 0 Å². The fourth-order valence-corrected chi connectivity index (χ4v) is 2.86. The standard InChI is InChI=1S/C16H19BrFNO3/c1-9-8-11(21-5)12(14(17)18)10-6-7-19(13(9)10)15(20)22-16(2,3)4/h6-8,14H,1-5H3. The zero-order chi connectivity index (χ0) is 16.7. The zero-order valence-corrected chi connectivity index (χ0v) is 14.8. The summed E-state index contributed by atoms with van der Waals surface area (Å²) in [4.78, 5) is 12.3. The van der Waals surface area contributed by atoms with Gasteiger partial charge in [-0.3, -0.25) is 4.57 Å². The van der Waals surface area contributed by atoms with Crippen LogP contribution in [0.4, 0.5) is 9.18 Å². The van der Waals surface area contributed by atoms with E-state index in [9.17, 15) is 9.18 Å². The summed E-state index contributed by atoms with van der Waals surface area (Å²) in [6.07, 6.45) is 1.09. The topological polar surface area (TPSA) is 40.5 Å². The van der Waals surface area contributed by atoms with Gasteiger partial charge < -0.3 is 9.47 Å². The van der Waals surface area contributed by atoms with E-state index in [1.165, 1.54) is 11.7 Å². The second kappa shape index (κ2) is 5.91. The third kappa shape index (κ3) is 3.11. The van der Waals surface area contributed by atoms with Gasteiger partial charge in [-0.15, -0.1) is 0 Å². The van der Waals surface area contributed by atoms with Crippen molar-refractivity contribution in [1.82, 2.24) is 4.57 Å². The Kier molecular flexibility index (Phi) is 4.52. The Balaban J connectivity index is 2.66. The molecule has 0 aliphatic rings. The highest BCUT2D eigenvalue weighted by Crippen LogP contribution is 2.40. The van der Waals surface area contributed by atoms with Crippen LogP contribution in [0.5, 0.6) is 5.75 Å². The predicted molar refractivity (Wildman–Crippen MR) is 87.6 cm³/mol. The number of hydrogen-bond acceptors (Lipinski definition) is 3. The average molecular weight is 372 g/mol. The molecule has 2 aromatic rings. The Labute approximate surface area is 137 Å². The molecule has 1 atom stereocenters. The van der Waals surface area contributed by atoms with Gasteiger partial charge in [0.25, 0.3) is 0 Å². The number of ether oxygens (including phenoxy) is 2. The Morgan fingerprint density at radius 1 is 1.41 bits per heavy atom. The van der Waals surface area contributed by atoms with Gasteiger partial charge >= 0.3 is 6.09 Å². The summed E-state index contributed by atoms with van der Waals surface area (Å²) < 4.78 is 26.0. The van der Waals surface area contributed by atoms with Crippen LogP contribution in [0.15, 0.2) is 18.3 Å². The SMILES string of the molecule is COc1cc(C)c2c(ccn2C(=O)OC(C)(C)C)c1C(F)Br. The summed E-state index contributed by atoms with van der Waals surface area (Å²) in [6, 6.07) is 3.41. The van der Waals surface area contributed by atoms with Gasteiger partial charge in [0.1, 0.15) is 11.4 Å². The van der Waals surface area contributed by atoms with Crippen LogP contribution in [-0.4, -0.2) is 23.4 Å². The lowest BCUT2D eigenvalue weighted by Crippen LogP contribution is -2.26. The highest BCUT2D eigenvalue weighted by Gasteiger charge is 2.24. The molecule has 22 heavy (non-hydrogen) atoms. The van der Waals surface area contributed by atoms with E-state index in [1.54, 1.807) is 39.1 Å². The van der Waals surface area contributed by atoms with Gasteiger partial charge in [0.15, 0.2) is 5.08 Å². The first kappa shape index (κ1) is 16.8. The summed E-state index contributed by atoms with van der Waals surface area (Å²) in [5, 5.41) is -0.771. The summed E-state index contributed by atoms with van der Waals surface area (Å²) in [6.45, 7) is 7.24. The molecular formula is C16H19BrFNO3. The molecular weight excluding hydrogens is 353 g/mol. The number of hydrogen-bond donors (Lipinski definition) is 0. The molecule has 1 aromatic carbocycles. The zero-order valence-electron chi connectivity index (χ0n) is 13.2. The van der Waals surface area contributed by atoms with Gasteiger partial charge in [0, 0.05) is 17.1 Å². The van der Waals surface area contributed by atoms with Crippen molar-refractivity contribution in [3.05, 3.63) is 29.5 Å². The molecule has 120 valence electrons. The van der Waals surface area contributed by atoms with Crippen molar-refractivity contribution >= 4 is 32.9 Å². The fourth-order valence-electron chi connectivity index (χ4n) is 2.38. The third-order valence-electron chi connectivity index (χ3n) is 3.19. The van der Waals surface area contributed by atoms with E-state index in [-0.39, 0.29) is 0 Å². The van der Waals surface area contributed by atoms with Crippen molar-refractivity contribution in [2.24, 2.45) is 0 Å². The fraction of sp³-hybridized carbons (Fsp3) is 0.438. The summed E-state index contributed by atoms with van der Waals surface area (Å²) in [5.41, 5.74) is 1.19. The van der Waals surface area contributed by atoms with Crippen LogP contribution >= 0.6 is 15.9 Å². The van der Waals surface area contributed by atoms with E-state index in [4.69, 9.17) is 9.47 Å². The van der Waals surface area contributed by atoms with Crippen LogP contribution < -0.4 is 4.74 Å². The van der Waals surface area contributed by atoms with Gasteiger partial charge in [-0.05, 0) is 61.3 Å². The van der Waals surface area contributed by atoms with Gasteiger partial charge in [0.05, 0.1) is 12.6 Å². The smallest absolute Gasteiger partial charge is 0.419 e. The number of halogens is 2. The summed E-state index contributed by atoms with van der Waals surface area (Å²) >= 11 is 2.94. The van der Waals surface area contributed by atoms with Crippen LogP contribution in [0.2, 0.25) is 0 Å². The molecule has 0 fully saturated rings. The Morgan fingerprint density at radius 2 is 2.05 bits per heavy atom. The predicted octanol–water partition coefficient (Wildman–Crippen LogP) is 5.10. The van der Waals surface area contributed by atoms with Crippen LogP contribution in [0.25, 0.3) is 10.9 Å². The maximum Gasteiger partial charge on any atom is 0.419 e. The number of nitrogens with zero attached hydrogens (tertiary/aromatic N) is 1.